The molecule has 3 rings (SSSR count). The highest BCUT2D eigenvalue weighted by atomic mass is 35.5. The number of nitro groups is 1. The second kappa shape index (κ2) is 8.33. The average Bonchev–Trinajstić information content (AvgIpc) is 3.02. The van der Waals surface area contributed by atoms with Crippen LogP contribution in [0.2, 0.25) is 5.02 Å². The van der Waals surface area contributed by atoms with Crippen molar-refractivity contribution in [2.75, 3.05) is 12.3 Å². The Morgan fingerprint density at radius 3 is 2.67 bits per heavy atom. The Labute approximate surface area is 173 Å². The lowest BCUT2D eigenvalue weighted by Gasteiger charge is -2.06. The zero-order chi connectivity index (χ0) is 22.0. The second-order valence-corrected chi connectivity index (χ2v) is 6.39. The van der Waals surface area contributed by atoms with Gasteiger partial charge in [0.1, 0.15) is 22.7 Å². The number of carbonyl (C=O) groups excluding carboxylic acids is 2. The number of benzene rings is 1. The van der Waals surface area contributed by atoms with Gasteiger partial charge in [-0.3, -0.25) is 10.1 Å². The number of furan rings is 1. The molecule has 156 valence electrons. The molecule has 0 aliphatic rings. The van der Waals surface area contributed by atoms with E-state index in [1.165, 1.54) is 12.1 Å². The van der Waals surface area contributed by atoms with Gasteiger partial charge in [0, 0.05) is 11.1 Å². The molecule has 0 amide bonds. The molecule has 3 aromatic rings. The van der Waals surface area contributed by atoms with Gasteiger partial charge in [-0.1, -0.05) is 11.6 Å². The highest BCUT2D eigenvalue weighted by Crippen LogP contribution is 2.29. The molecular weight excluding hydrogens is 420 g/mol. The molecule has 0 saturated heterocycles. The zero-order valence-corrected chi connectivity index (χ0v) is 16.6. The smallest absolute Gasteiger partial charge is 0.345 e. The van der Waals surface area contributed by atoms with Crippen molar-refractivity contribution in [3.63, 3.8) is 0 Å². The molecule has 12 heteroatoms. The van der Waals surface area contributed by atoms with Crippen LogP contribution in [0, 0.1) is 17.0 Å². The number of nitro benzene ring substituents is 1. The van der Waals surface area contributed by atoms with E-state index in [0.29, 0.717) is 0 Å². The maximum Gasteiger partial charge on any atom is 0.345 e. The summed E-state index contributed by atoms with van der Waals surface area (Å²) in [4.78, 5) is 42.9. The van der Waals surface area contributed by atoms with Gasteiger partial charge >= 0.3 is 11.9 Å². The fraction of sp³-hybridized carbons (Fsp3) is 0.222. The molecular formula is C18H15ClN4O7. The van der Waals surface area contributed by atoms with Crippen LogP contribution in [0.3, 0.4) is 0 Å². The van der Waals surface area contributed by atoms with Crippen molar-refractivity contribution in [1.29, 1.82) is 0 Å². The minimum atomic E-state index is -0.969. The topological polar surface area (TPSA) is 161 Å². The summed E-state index contributed by atoms with van der Waals surface area (Å²) in [7, 11) is 0. The molecule has 0 unspecified atom stereocenters. The Morgan fingerprint density at radius 1 is 1.27 bits per heavy atom. The first kappa shape index (κ1) is 21.0. The molecule has 0 bridgehead atoms. The standard InChI is InChI=1S/C18H15ClN4O7/c1-3-28-18(25)13-8(2)30-16-14(13)15(20)21-12(22-16)7-29-17(24)10-5-4-9(19)6-11(10)23(26)27/h4-6H,3,7H2,1-2H3,(H2,20,21,22). The lowest BCUT2D eigenvalue weighted by atomic mass is 10.2. The number of fused-ring (bicyclic) bond motifs is 1. The molecule has 2 N–H and O–H groups in total. The summed E-state index contributed by atoms with van der Waals surface area (Å²) in [5.41, 5.74) is 5.30. The highest BCUT2D eigenvalue weighted by molar-refractivity contribution is 6.31. The highest BCUT2D eigenvalue weighted by Gasteiger charge is 2.25. The zero-order valence-electron chi connectivity index (χ0n) is 15.8. The first-order valence-corrected chi connectivity index (χ1v) is 8.94. The average molecular weight is 435 g/mol. The number of aromatic nitrogens is 2. The van der Waals surface area contributed by atoms with Gasteiger partial charge in [0.25, 0.3) is 5.69 Å². The third kappa shape index (κ3) is 4.01. The number of nitrogens with two attached hydrogens (primary N) is 1. The van der Waals surface area contributed by atoms with E-state index in [-0.39, 0.29) is 51.3 Å². The Bertz CT molecular complexity index is 1180. The first-order valence-electron chi connectivity index (χ1n) is 8.56. The number of hydrogen-bond donors (Lipinski definition) is 1. The van der Waals surface area contributed by atoms with Gasteiger partial charge in [-0.25, -0.2) is 14.6 Å². The lowest BCUT2D eigenvalue weighted by molar-refractivity contribution is -0.385. The van der Waals surface area contributed by atoms with Crippen LogP contribution < -0.4 is 5.73 Å². The van der Waals surface area contributed by atoms with Gasteiger partial charge in [-0.2, -0.15) is 4.98 Å². The molecule has 0 fully saturated rings. The maximum absolute atomic E-state index is 12.3. The Kier molecular flexibility index (Phi) is 5.83. The van der Waals surface area contributed by atoms with E-state index in [0.717, 1.165) is 6.07 Å². The molecule has 0 spiro atoms. The molecule has 0 radical (unpaired) electrons. The van der Waals surface area contributed by atoms with Gasteiger partial charge in [-0.05, 0) is 26.0 Å². The molecule has 0 atom stereocenters. The molecule has 0 aliphatic carbocycles. The summed E-state index contributed by atoms with van der Waals surface area (Å²) in [6.45, 7) is 2.93. The van der Waals surface area contributed by atoms with Crippen LogP contribution in [0.25, 0.3) is 11.1 Å². The minimum Gasteiger partial charge on any atom is -0.462 e. The second-order valence-electron chi connectivity index (χ2n) is 5.95. The van der Waals surface area contributed by atoms with Crippen molar-refractivity contribution < 1.29 is 28.4 Å². The fourth-order valence-electron chi connectivity index (χ4n) is 2.73. The third-order valence-electron chi connectivity index (χ3n) is 3.99. The van der Waals surface area contributed by atoms with Crippen LogP contribution in [0.5, 0.6) is 0 Å². The number of hydrogen-bond acceptors (Lipinski definition) is 10. The van der Waals surface area contributed by atoms with E-state index in [1.807, 2.05) is 0 Å². The number of rotatable bonds is 6. The number of ether oxygens (including phenoxy) is 2. The number of anilines is 1. The van der Waals surface area contributed by atoms with E-state index in [9.17, 15) is 19.7 Å². The van der Waals surface area contributed by atoms with E-state index in [2.05, 4.69) is 9.97 Å². The predicted octanol–water partition coefficient (Wildman–Crippen LogP) is 3.21. The number of aryl methyl sites for hydroxylation is 1. The van der Waals surface area contributed by atoms with Crippen LogP contribution in [-0.2, 0) is 16.1 Å². The molecule has 0 saturated carbocycles. The summed E-state index contributed by atoms with van der Waals surface area (Å²) < 4.78 is 15.5. The fourth-order valence-corrected chi connectivity index (χ4v) is 2.90. The Balaban J connectivity index is 1.87. The van der Waals surface area contributed by atoms with Gasteiger partial charge < -0.3 is 19.6 Å². The van der Waals surface area contributed by atoms with Crippen LogP contribution in [-0.4, -0.2) is 33.4 Å². The lowest BCUT2D eigenvalue weighted by Crippen LogP contribution is -2.11. The van der Waals surface area contributed by atoms with Crippen molar-refractivity contribution in [2.45, 2.75) is 20.5 Å². The van der Waals surface area contributed by atoms with Gasteiger partial charge in [0.15, 0.2) is 12.4 Å². The summed E-state index contributed by atoms with van der Waals surface area (Å²) >= 11 is 5.73. The number of nitrogens with zero attached hydrogens (tertiary/aromatic N) is 3. The van der Waals surface area contributed by atoms with Crippen molar-refractivity contribution in [3.8, 4) is 0 Å². The van der Waals surface area contributed by atoms with E-state index >= 15 is 0 Å². The number of carbonyl (C=O) groups is 2. The molecule has 11 nitrogen and oxygen atoms in total. The SMILES string of the molecule is CCOC(=O)c1c(C)oc2nc(COC(=O)c3ccc(Cl)cc3[N+](=O)[O-])nc(N)c12. The predicted molar refractivity (Wildman–Crippen MR) is 104 cm³/mol. The third-order valence-corrected chi connectivity index (χ3v) is 4.23. The van der Waals surface area contributed by atoms with E-state index < -0.39 is 29.2 Å². The van der Waals surface area contributed by atoms with Crippen molar-refractivity contribution in [3.05, 3.63) is 56.0 Å². The van der Waals surface area contributed by atoms with Crippen LogP contribution in [0.4, 0.5) is 11.5 Å². The first-order chi connectivity index (χ1) is 14.2. The molecule has 1 aromatic carbocycles. The van der Waals surface area contributed by atoms with Crippen LogP contribution in [0.15, 0.2) is 22.6 Å². The number of nitrogen functional groups attached to an aromatic ring is 1. The molecule has 0 aliphatic heterocycles. The Morgan fingerprint density at radius 2 is 2.00 bits per heavy atom. The summed E-state index contributed by atoms with van der Waals surface area (Å²) in [5, 5.41) is 11.4. The van der Waals surface area contributed by atoms with Crippen molar-refractivity contribution in [2.24, 2.45) is 0 Å². The number of esters is 2. The van der Waals surface area contributed by atoms with Gasteiger partial charge in [-0.15, -0.1) is 0 Å². The van der Waals surface area contributed by atoms with Crippen molar-refractivity contribution in [1.82, 2.24) is 9.97 Å². The summed E-state index contributed by atoms with van der Waals surface area (Å²) in [6, 6.07) is 3.55. The number of halogens is 1. The van der Waals surface area contributed by atoms with Crippen molar-refractivity contribution >= 4 is 46.1 Å². The summed E-state index contributed by atoms with van der Waals surface area (Å²) in [6.07, 6.45) is 0. The quantitative estimate of drug-likeness (QED) is 0.346. The van der Waals surface area contributed by atoms with Crippen LogP contribution in [0.1, 0.15) is 39.2 Å². The molecule has 2 aromatic heterocycles. The monoisotopic (exact) mass is 434 g/mol. The maximum atomic E-state index is 12.3. The normalized spacial score (nSPS) is 10.8. The minimum absolute atomic E-state index is 0.0193. The van der Waals surface area contributed by atoms with E-state index in [1.54, 1.807) is 13.8 Å². The molecule has 2 heterocycles. The largest absolute Gasteiger partial charge is 0.462 e. The van der Waals surface area contributed by atoms with Gasteiger partial charge in [0.2, 0.25) is 5.71 Å². The molecule has 30 heavy (non-hydrogen) atoms. The van der Waals surface area contributed by atoms with Crippen LogP contribution >= 0.6 is 11.6 Å². The van der Waals surface area contributed by atoms with Gasteiger partial charge in [0.05, 0.1) is 16.9 Å². The Hall–Kier alpha value is -3.73. The summed E-state index contributed by atoms with van der Waals surface area (Å²) in [5.74, 6) is -1.44. The van der Waals surface area contributed by atoms with E-state index in [4.69, 9.17) is 31.2 Å².